The Morgan fingerprint density at radius 1 is 0.875 bits per heavy atom. The van der Waals surface area contributed by atoms with Gasteiger partial charge in [0.2, 0.25) is 0 Å². The van der Waals surface area contributed by atoms with Crippen LogP contribution >= 0.6 is 31.9 Å². The van der Waals surface area contributed by atoms with Gasteiger partial charge in [0.1, 0.15) is 5.76 Å². The summed E-state index contributed by atoms with van der Waals surface area (Å²) in [7, 11) is 0. The molecule has 0 saturated carbocycles. The minimum atomic E-state index is -0.875. The van der Waals surface area contributed by atoms with Crippen LogP contribution in [0.4, 0.5) is 11.4 Å². The lowest BCUT2D eigenvalue weighted by Gasteiger charge is -2.25. The number of ketones is 1. The van der Waals surface area contributed by atoms with Crippen LogP contribution in [-0.2, 0) is 9.59 Å². The fourth-order valence-electron chi connectivity index (χ4n) is 3.56. The summed E-state index contributed by atoms with van der Waals surface area (Å²) in [5.41, 5.74) is 1.08. The maximum absolute atomic E-state index is 13.1. The lowest BCUT2D eigenvalue weighted by Crippen LogP contribution is -2.29. The number of hydrogen-bond acceptors (Lipinski definition) is 5. The van der Waals surface area contributed by atoms with Crippen LogP contribution in [0.25, 0.3) is 5.76 Å². The van der Waals surface area contributed by atoms with Gasteiger partial charge in [-0.1, -0.05) is 44.0 Å². The lowest BCUT2D eigenvalue weighted by atomic mass is 9.95. The normalized spacial score (nSPS) is 17.6. The molecule has 0 aliphatic carbocycles. The van der Waals surface area contributed by atoms with Gasteiger partial charge in [-0.3, -0.25) is 24.6 Å². The standard InChI is InChI=1S/C23H14Br2N2O5/c24-15-5-1-13(2-6-15)20-19(21(28)14-3-9-18(10-4-14)27(31)32)22(29)23(30)26(20)17-11-7-16(25)8-12-17/h1-12,20,28H/t20-/m0/s1. The quantitative estimate of drug-likeness (QED) is 0.145. The highest BCUT2D eigenvalue weighted by atomic mass is 79.9. The zero-order valence-corrected chi connectivity index (χ0v) is 19.4. The van der Waals surface area contributed by atoms with Crippen molar-refractivity contribution in [3.63, 3.8) is 0 Å². The highest BCUT2D eigenvalue weighted by Gasteiger charge is 2.46. The molecule has 3 aromatic rings. The van der Waals surface area contributed by atoms with Crippen LogP contribution in [-0.4, -0.2) is 21.7 Å². The number of amides is 1. The van der Waals surface area contributed by atoms with E-state index in [1.165, 1.54) is 29.2 Å². The third-order valence-electron chi connectivity index (χ3n) is 5.09. The number of carbonyl (C=O) groups is 2. The van der Waals surface area contributed by atoms with E-state index in [1.54, 1.807) is 48.5 Å². The van der Waals surface area contributed by atoms with E-state index in [2.05, 4.69) is 31.9 Å². The van der Waals surface area contributed by atoms with E-state index in [9.17, 15) is 24.8 Å². The average Bonchev–Trinajstić information content (AvgIpc) is 3.05. The number of nitrogens with zero attached hydrogens (tertiary/aromatic N) is 2. The Morgan fingerprint density at radius 3 is 1.94 bits per heavy atom. The van der Waals surface area contributed by atoms with Crippen molar-refractivity contribution < 1.29 is 19.6 Å². The molecule has 3 aromatic carbocycles. The summed E-state index contributed by atoms with van der Waals surface area (Å²) in [6.45, 7) is 0. The van der Waals surface area contributed by atoms with Crippen LogP contribution in [0.3, 0.4) is 0 Å². The molecule has 1 saturated heterocycles. The highest BCUT2D eigenvalue weighted by Crippen LogP contribution is 2.42. The number of hydrogen-bond donors (Lipinski definition) is 1. The number of aliphatic hydroxyl groups is 1. The van der Waals surface area contributed by atoms with Crippen LogP contribution in [0, 0.1) is 10.1 Å². The van der Waals surface area contributed by atoms with Gasteiger partial charge in [0.05, 0.1) is 16.5 Å². The van der Waals surface area contributed by atoms with E-state index in [4.69, 9.17) is 0 Å². The third kappa shape index (κ3) is 3.96. The minimum absolute atomic E-state index is 0.0888. The molecule has 0 radical (unpaired) electrons. The van der Waals surface area contributed by atoms with Crippen LogP contribution in [0.1, 0.15) is 17.2 Å². The molecule has 1 aliphatic rings. The molecule has 1 atom stereocenters. The van der Waals surface area contributed by atoms with Crippen LogP contribution in [0.2, 0.25) is 0 Å². The second-order valence-corrected chi connectivity index (χ2v) is 8.83. The predicted molar refractivity (Wildman–Crippen MR) is 126 cm³/mol. The number of aliphatic hydroxyl groups excluding tert-OH is 1. The van der Waals surface area contributed by atoms with Crippen molar-refractivity contribution >= 4 is 60.7 Å². The summed E-state index contributed by atoms with van der Waals surface area (Å²) in [6.07, 6.45) is 0. The van der Waals surface area contributed by atoms with E-state index < -0.39 is 28.4 Å². The minimum Gasteiger partial charge on any atom is -0.507 e. The number of nitro benzene ring substituents is 1. The van der Waals surface area contributed by atoms with Crippen molar-refractivity contribution in [2.24, 2.45) is 0 Å². The molecule has 0 spiro atoms. The Labute approximate surface area is 199 Å². The summed E-state index contributed by atoms with van der Waals surface area (Å²) in [5, 5.41) is 22.0. The van der Waals surface area contributed by atoms with Crippen molar-refractivity contribution in [3.05, 3.63) is 109 Å². The molecule has 160 valence electrons. The van der Waals surface area contributed by atoms with Gasteiger partial charge in [0.25, 0.3) is 17.4 Å². The average molecular weight is 558 g/mol. The number of benzene rings is 3. The zero-order valence-electron chi connectivity index (χ0n) is 16.2. The second kappa shape index (κ2) is 8.68. The van der Waals surface area contributed by atoms with Gasteiger partial charge >= 0.3 is 0 Å². The first-order chi connectivity index (χ1) is 15.3. The van der Waals surface area contributed by atoms with Crippen LogP contribution in [0.5, 0.6) is 0 Å². The molecule has 4 rings (SSSR count). The molecule has 0 bridgehead atoms. The number of anilines is 1. The predicted octanol–water partition coefficient (Wildman–Crippen LogP) is 5.75. The number of halogens is 2. The number of nitro groups is 1. The van der Waals surface area contributed by atoms with E-state index in [0.717, 1.165) is 8.95 Å². The first-order valence-electron chi connectivity index (χ1n) is 9.35. The number of carbonyl (C=O) groups excluding carboxylic acids is 2. The molecule has 1 fully saturated rings. The molecule has 1 heterocycles. The van der Waals surface area contributed by atoms with E-state index in [0.29, 0.717) is 11.3 Å². The van der Waals surface area contributed by atoms with Gasteiger partial charge in [-0.25, -0.2) is 0 Å². The third-order valence-corrected chi connectivity index (χ3v) is 6.14. The van der Waals surface area contributed by atoms with Gasteiger partial charge < -0.3 is 5.11 Å². The SMILES string of the molecule is O=C1C(=O)N(c2ccc(Br)cc2)[C@@H](c2ccc(Br)cc2)C1=C(O)c1ccc([N+](=O)[O-])cc1. The molecule has 32 heavy (non-hydrogen) atoms. The van der Waals surface area contributed by atoms with Crippen molar-refractivity contribution in [1.29, 1.82) is 0 Å². The fourth-order valence-corrected chi connectivity index (χ4v) is 4.09. The first-order valence-corrected chi connectivity index (χ1v) is 10.9. The fraction of sp³-hybridized carbons (Fsp3) is 0.0435. The Hall–Kier alpha value is -3.30. The first kappa shape index (κ1) is 21.9. The summed E-state index contributed by atoms with van der Waals surface area (Å²) in [6, 6.07) is 18.3. The maximum Gasteiger partial charge on any atom is 0.300 e. The van der Waals surface area contributed by atoms with Gasteiger partial charge in [-0.05, 0) is 54.1 Å². The number of non-ortho nitro benzene ring substituents is 1. The summed E-state index contributed by atoms with van der Waals surface area (Å²) >= 11 is 6.73. The molecule has 1 amide bonds. The van der Waals surface area contributed by atoms with Gasteiger partial charge in [0.15, 0.2) is 0 Å². The Kier molecular flexibility index (Phi) is 5.94. The van der Waals surface area contributed by atoms with Crippen LogP contribution in [0.15, 0.2) is 87.3 Å². The van der Waals surface area contributed by atoms with Crippen molar-refractivity contribution in [1.82, 2.24) is 0 Å². The number of rotatable bonds is 4. The summed E-state index contributed by atoms with van der Waals surface area (Å²) < 4.78 is 1.63. The zero-order chi connectivity index (χ0) is 23.0. The van der Waals surface area contributed by atoms with E-state index in [-0.39, 0.29) is 16.8 Å². The van der Waals surface area contributed by atoms with E-state index >= 15 is 0 Å². The summed E-state index contributed by atoms with van der Waals surface area (Å²) in [4.78, 5) is 37.8. The molecular weight excluding hydrogens is 544 g/mol. The molecule has 7 nitrogen and oxygen atoms in total. The monoisotopic (exact) mass is 556 g/mol. The van der Waals surface area contributed by atoms with Gasteiger partial charge in [-0.15, -0.1) is 0 Å². The largest absolute Gasteiger partial charge is 0.507 e. The van der Waals surface area contributed by atoms with Crippen molar-refractivity contribution in [2.75, 3.05) is 4.90 Å². The van der Waals surface area contributed by atoms with Crippen molar-refractivity contribution in [2.45, 2.75) is 6.04 Å². The Balaban J connectivity index is 1.90. The second-order valence-electron chi connectivity index (χ2n) is 7.00. The Morgan fingerprint density at radius 2 is 1.41 bits per heavy atom. The smallest absolute Gasteiger partial charge is 0.300 e. The number of Topliss-reactive ketones (excluding diaryl/α,β-unsaturated/α-hetero) is 1. The maximum atomic E-state index is 13.1. The van der Waals surface area contributed by atoms with Crippen molar-refractivity contribution in [3.8, 4) is 0 Å². The summed E-state index contributed by atoms with van der Waals surface area (Å²) in [5.74, 6) is -2.01. The highest BCUT2D eigenvalue weighted by molar-refractivity contribution is 9.10. The van der Waals surface area contributed by atoms with E-state index in [1.807, 2.05) is 0 Å². The van der Waals surface area contributed by atoms with Gasteiger partial charge in [0, 0.05) is 32.3 Å². The molecule has 0 aromatic heterocycles. The topological polar surface area (TPSA) is 101 Å². The van der Waals surface area contributed by atoms with Crippen LogP contribution < -0.4 is 4.90 Å². The molecule has 9 heteroatoms. The Bertz CT molecular complexity index is 1250. The van der Waals surface area contributed by atoms with Gasteiger partial charge in [-0.2, -0.15) is 0 Å². The molecular formula is C23H14Br2N2O5. The lowest BCUT2D eigenvalue weighted by molar-refractivity contribution is -0.384. The molecule has 1 aliphatic heterocycles. The molecule has 1 N–H and O–H groups in total. The molecule has 0 unspecified atom stereocenters.